The minimum atomic E-state index is -3.49. The smallest absolute Gasteiger partial charge is 0.243 e. The van der Waals surface area contributed by atoms with E-state index in [4.69, 9.17) is 0 Å². The Labute approximate surface area is 167 Å². The van der Waals surface area contributed by atoms with Gasteiger partial charge in [0.25, 0.3) is 0 Å². The molecule has 3 aliphatic rings. The van der Waals surface area contributed by atoms with E-state index in [1.807, 2.05) is 0 Å². The zero-order chi connectivity index (χ0) is 19.7. The SMILES string of the molecule is CN1CCCC(N2CCN(S(=O)(=O)c3ccc(N4CCCC4=O)cc3)CC2)C1. The summed E-state index contributed by atoms with van der Waals surface area (Å²) >= 11 is 0. The van der Waals surface area contributed by atoms with Crippen LogP contribution in [-0.2, 0) is 14.8 Å². The molecule has 3 heterocycles. The number of likely N-dealkylation sites (N-methyl/N-ethyl adjacent to an activating group) is 1. The number of likely N-dealkylation sites (tertiary alicyclic amines) is 1. The standard InChI is InChI=1S/C20H30N4O3S/c1-21-10-2-4-18(16-21)22-12-14-23(15-13-22)28(26,27)19-8-6-17(7-9-19)24-11-3-5-20(24)25/h6-9,18H,2-5,10-16H2,1H3. The second kappa shape index (κ2) is 8.10. The molecule has 0 aliphatic carbocycles. The number of hydrogen-bond acceptors (Lipinski definition) is 5. The van der Waals surface area contributed by atoms with Gasteiger partial charge in [-0.3, -0.25) is 9.69 Å². The van der Waals surface area contributed by atoms with Crippen LogP contribution in [0.5, 0.6) is 0 Å². The molecule has 3 aliphatic heterocycles. The maximum absolute atomic E-state index is 13.0. The number of carbonyl (C=O) groups excluding carboxylic acids is 1. The normalized spacial score (nSPS) is 26.1. The summed E-state index contributed by atoms with van der Waals surface area (Å²) in [6, 6.07) is 7.33. The lowest BCUT2D eigenvalue weighted by Gasteiger charge is -2.42. The first-order chi connectivity index (χ1) is 13.4. The van der Waals surface area contributed by atoms with Crippen LogP contribution in [0.2, 0.25) is 0 Å². The summed E-state index contributed by atoms with van der Waals surface area (Å²) in [6.45, 7) is 5.59. The minimum Gasteiger partial charge on any atom is -0.312 e. The van der Waals surface area contributed by atoms with Gasteiger partial charge < -0.3 is 9.80 Å². The zero-order valence-electron chi connectivity index (χ0n) is 16.6. The van der Waals surface area contributed by atoms with Gasteiger partial charge in [-0.15, -0.1) is 0 Å². The van der Waals surface area contributed by atoms with Gasteiger partial charge in [-0.05, 0) is 57.1 Å². The first-order valence-electron chi connectivity index (χ1n) is 10.3. The molecule has 1 aromatic carbocycles. The van der Waals surface area contributed by atoms with E-state index in [0.717, 1.165) is 38.3 Å². The first-order valence-corrected chi connectivity index (χ1v) is 11.7. The van der Waals surface area contributed by atoms with Crippen LogP contribution in [0.25, 0.3) is 0 Å². The molecule has 1 amide bonds. The maximum atomic E-state index is 13.0. The Morgan fingerprint density at radius 2 is 1.64 bits per heavy atom. The molecule has 8 heteroatoms. The van der Waals surface area contributed by atoms with Gasteiger partial charge in [0.05, 0.1) is 4.90 Å². The van der Waals surface area contributed by atoms with Gasteiger partial charge in [0.2, 0.25) is 15.9 Å². The molecule has 3 fully saturated rings. The van der Waals surface area contributed by atoms with Crippen LogP contribution < -0.4 is 4.90 Å². The Bertz CT molecular complexity index is 803. The van der Waals surface area contributed by atoms with Gasteiger partial charge in [0, 0.05) is 57.4 Å². The van der Waals surface area contributed by atoms with Crippen molar-refractivity contribution in [2.24, 2.45) is 0 Å². The lowest BCUT2D eigenvalue weighted by Crippen LogP contribution is -2.55. The molecule has 154 valence electrons. The minimum absolute atomic E-state index is 0.111. The van der Waals surface area contributed by atoms with Crippen molar-refractivity contribution in [2.75, 3.05) is 57.8 Å². The van der Waals surface area contributed by atoms with Gasteiger partial charge in [0.15, 0.2) is 0 Å². The average molecular weight is 407 g/mol. The van der Waals surface area contributed by atoms with Crippen molar-refractivity contribution in [3.8, 4) is 0 Å². The molecule has 0 spiro atoms. The predicted octanol–water partition coefficient (Wildman–Crippen LogP) is 1.21. The van der Waals surface area contributed by atoms with Crippen LogP contribution in [0.3, 0.4) is 0 Å². The molecule has 0 saturated carbocycles. The number of rotatable bonds is 4. The monoisotopic (exact) mass is 406 g/mol. The number of anilines is 1. The predicted molar refractivity (Wildman–Crippen MR) is 109 cm³/mol. The van der Waals surface area contributed by atoms with Crippen LogP contribution in [-0.4, -0.2) is 87.3 Å². The van der Waals surface area contributed by atoms with Gasteiger partial charge in [0.1, 0.15) is 0 Å². The van der Waals surface area contributed by atoms with Gasteiger partial charge in [-0.25, -0.2) is 8.42 Å². The number of amides is 1. The fraction of sp³-hybridized carbons (Fsp3) is 0.650. The fourth-order valence-corrected chi connectivity index (χ4v) is 6.04. The van der Waals surface area contributed by atoms with Crippen molar-refractivity contribution >= 4 is 21.6 Å². The summed E-state index contributed by atoms with van der Waals surface area (Å²) < 4.78 is 27.7. The van der Waals surface area contributed by atoms with E-state index in [1.54, 1.807) is 33.5 Å². The molecule has 1 aromatic rings. The third kappa shape index (κ3) is 3.96. The lowest BCUT2D eigenvalue weighted by atomic mass is 10.0. The van der Waals surface area contributed by atoms with Crippen molar-refractivity contribution in [3.63, 3.8) is 0 Å². The van der Waals surface area contributed by atoms with Crippen LogP contribution in [0, 0.1) is 0 Å². The topological polar surface area (TPSA) is 64.2 Å². The molecule has 0 radical (unpaired) electrons. The van der Waals surface area contributed by atoms with Crippen LogP contribution in [0.1, 0.15) is 25.7 Å². The first kappa shape index (κ1) is 19.8. The molecule has 0 aromatic heterocycles. The van der Waals surface area contributed by atoms with Crippen molar-refractivity contribution in [1.29, 1.82) is 0 Å². The highest BCUT2D eigenvalue weighted by molar-refractivity contribution is 7.89. The molecule has 4 rings (SSSR count). The highest BCUT2D eigenvalue weighted by atomic mass is 32.2. The second-order valence-electron chi connectivity index (χ2n) is 8.14. The van der Waals surface area contributed by atoms with E-state index in [1.165, 1.54) is 12.8 Å². The van der Waals surface area contributed by atoms with E-state index in [0.29, 0.717) is 37.0 Å². The largest absolute Gasteiger partial charge is 0.312 e. The molecule has 28 heavy (non-hydrogen) atoms. The van der Waals surface area contributed by atoms with Crippen LogP contribution in [0.4, 0.5) is 5.69 Å². The summed E-state index contributed by atoms with van der Waals surface area (Å²) in [5.74, 6) is 0.111. The Balaban J connectivity index is 1.39. The molecular weight excluding hydrogens is 376 g/mol. The molecule has 1 atom stereocenters. The highest BCUT2D eigenvalue weighted by Gasteiger charge is 2.32. The number of hydrogen-bond donors (Lipinski definition) is 0. The number of benzene rings is 1. The van der Waals surface area contributed by atoms with Crippen molar-refractivity contribution in [3.05, 3.63) is 24.3 Å². The molecule has 7 nitrogen and oxygen atoms in total. The van der Waals surface area contributed by atoms with E-state index in [-0.39, 0.29) is 5.91 Å². The highest BCUT2D eigenvalue weighted by Crippen LogP contribution is 2.25. The van der Waals surface area contributed by atoms with E-state index in [2.05, 4.69) is 16.8 Å². The molecule has 0 bridgehead atoms. The van der Waals surface area contributed by atoms with Crippen LogP contribution in [0.15, 0.2) is 29.2 Å². The third-order valence-electron chi connectivity index (χ3n) is 6.25. The number of nitrogens with zero attached hydrogens (tertiary/aromatic N) is 4. The Morgan fingerprint density at radius 3 is 2.25 bits per heavy atom. The third-order valence-corrected chi connectivity index (χ3v) is 8.16. The van der Waals surface area contributed by atoms with Crippen molar-refractivity contribution in [2.45, 2.75) is 36.6 Å². The Morgan fingerprint density at radius 1 is 0.929 bits per heavy atom. The zero-order valence-corrected chi connectivity index (χ0v) is 17.4. The number of piperidine rings is 1. The van der Waals surface area contributed by atoms with Gasteiger partial charge in [-0.1, -0.05) is 0 Å². The Kier molecular flexibility index (Phi) is 5.73. The van der Waals surface area contributed by atoms with Gasteiger partial charge >= 0.3 is 0 Å². The fourth-order valence-electron chi connectivity index (χ4n) is 4.61. The Hall–Kier alpha value is -1.48. The summed E-state index contributed by atoms with van der Waals surface area (Å²) in [4.78, 5) is 18.7. The second-order valence-corrected chi connectivity index (χ2v) is 10.1. The summed E-state index contributed by atoms with van der Waals surface area (Å²) in [5.41, 5.74) is 0.785. The van der Waals surface area contributed by atoms with E-state index < -0.39 is 10.0 Å². The van der Waals surface area contributed by atoms with Crippen molar-refractivity contribution in [1.82, 2.24) is 14.1 Å². The molecule has 1 unspecified atom stereocenters. The summed E-state index contributed by atoms with van der Waals surface area (Å²) in [6.07, 6.45) is 3.85. The number of piperazine rings is 1. The average Bonchev–Trinajstić information content (AvgIpc) is 3.14. The molecule has 0 N–H and O–H groups in total. The molecule has 3 saturated heterocycles. The van der Waals surface area contributed by atoms with E-state index in [9.17, 15) is 13.2 Å². The van der Waals surface area contributed by atoms with Crippen molar-refractivity contribution < 1.29 is 13.2 Å². The maximum Gasteiger partial charge on any atom is 0.243 e. The quantitative estimate of drug-likeness (QED) is 0.752. The summed E-state index contributed by atoms with van der Waals surface area (Å²) in [5, 5.41) is 0. The summed E-state index contributed by atoms with van der Waals surface area (Å²) in [7, 11) is -1.33. The number of sulfonamides is 1. The van der Waals surface area contributed by atoms with Gasteiger partial charge in [-0.2, -0.15) is 4.31 Å². The van der Waals surface area contributed by atoms with Crippen LogP contribution >= 0.6 is 0 Å². The number of carbonyl (C=O) groups is 1. The molecular formula is C20H30N4O3S. The van der Waals surface area contributed by atoms with E-state index >= 15 is 0 Å². The lowest BCUT2D eigenvalue weighted by molar-refractivity contribution is -0.117.